The molecule has 0 aromatic heterocycles. The lowest BCUT2D eigenvalue weighted by atomic mass is 9.73. The fourth-order valence-corrected chi connectivity index (χ4v) is 3.04. The van der Waals surface area contributed by atoms with Gasteiger partial charge in [-0.25, -0.2) is 0 Å². The molecule has 1 fully saturated rings. The highest BCUT2D eigenvalue weighted by atomic mass is 16.4. The van der Waals surface area contributed by atoms with Gasteiger partial charge >= 0.3 is 5.97 Å². The summed E-state index contributed by atoms with van der Waals surface area (Å²) < 4.78 is 0. The van der Waals surface area contributed by atoms with Crippen molar-refractivity contribution >= 4 is 17.6 Å². The van der Waals surface area contributed by atoms with Crippen LogP contribution in [0.25, 0.3) is 0 Å². The molecule has 0 atom stereocenters. The monoisotopic (exact) mass is 290 g/mol. The van der Waals surface area contributed by atoms with Crippen LogP contribution in [-0.2, 0) is 9.59 Å². The third-order valence-corrected chi connectivity index (χ3v) is 4.26. The predicted octanol–water partition coefficient (Wildman–Crippen LogP) is 2.01. The van der Waals surface area contributed by atoms with Crippen molar-refractivity contribution in [1.82, 2.24) is 0 Å². The zero-order valence-electron chi connectivity index (χ0n) is 12.1. The van der Waals surface area contributed by atoms with Gasteiger partial charge in [0.05, 0.1) is 5.41 Å². The second-order valence-electron chi connectivity index (χ2n) is 5.67. The summed E-state index contributed by atoms with van der Waals surface area (Å²) in [6.07, 6.45) is 4.53. The summed E-state index contributed by atoms with van der Waals surface area (Å²) in [6, 6.07) is 8.95. The van der Waals surface area contributed by atoms with E-state index < -0.39 is 11.4 Å². The van der Waals surface area contributed by atoms with E-state index >= 15 is 0 Å². The first kappa shape index (κ1) is 15.5. The molecule has 1 aromatic rings. The molecule has 21 heavy (non-hydrogen) atoms. The minimum Gasteiger partial charge on any atom is -0.480 e. The SMILES string of the molecule is NCC1(C(=O)N(CC(=O)O)c2ccccc2)CCCCC1. The van der Waals surface area contributed by atoms with Crippen LogP contribution in [0.2, 0.25) is 0 Å². The lowest BCUT2D eigenvalue weighted by molar-refractivity contribution is -0.138. The van der Waals surface area contributed by atoms with Crippen molar-refractivity contribution in [3.8, 4) is 0 Å². The number of para-hydroxylation sites is 1. The van der Waals surface area contributed by atoms with Crippen molar-refractivity contribution in [3.63, 3.8) is 0 Å². The zero-order valence-corrected chi connectivity index (χ0v) is 12.1. The van der Waals surface area contributed by atoms with E-state index in [4.69, 9.17) is 10.8 Å². The number of aliphatic carboxylic acids is 1. The average Bonchev–Trinajstić information content (AvgIpc) is 2.53. The van der Waals surface area contributed by atoms with E-state index in [0.29, 0.717) is 5.69 Å². The van der Waals surface area contributed by atoms with Crippen molar-refractivity contribution in [2.45, 2.75) is 32.1 Å². The highest BCUT2D eigenvalue weighted by molar-refractivity contribution is 6.01. The van der Waals surface area contributed by atoms with Gasteiger partial charge in [0.15, 0.2) is 0 Å². The summed E-state index contributed by atoms with van der Waals surface area (Å²) in [5.74, 6) is -1.17. The van der Waals surface area contributed by atoms with E-state index in [-0.39, 0.29) is 19.0 Å². The normalized spacial score (nSPS) is 17.2. The number of amides is 1. The second kappa shape index (κ2) is 6.72. The number of carboxylic acids is 1. The molecule has 0 spiro atoms. The van der Waals surface area contributed by atoms with Crippen molar-refractivity contribution in [2.24, 2.45) is 11.1 Å². The first-order valence-corrected chi connectivity index (χ1v) is 7.38. The Labute approximate surface area is 124 Å². The van der Waals surface area contributed by atoms with Gasteiger partial charge in [0.1, 0.15) is 6.54 Å². The second-order valence-corrected chi connectivity index (χ2v) is 5.67. The lowest BCUT2D eigenvalue weighted by Gasteiger charge is -2.38. The van der Waals surface area contributed by atoms with Gasteiger partial charge in [-0.3, -0.25) is 9.59 Å². The Morgan fingerprint density at radius 3 is 2.29 bits per heavy atom. The van der Waals surface area contributed by atoms with Crippen LogP contribution in [0.5, 0.6) is 0 Å². The van der Waals surface area contributed by atoms with Crippen molar-refractivity contribution in [2.75, 3.05) is 18.0 Å². The van der Waals surface area contributed by atoms with Crippen LogP contribution in [-0.4, -0.2) is 30.1 Å². The number of carboxylic acid groups (broad SMARTS) is 1. The van der Waals surface area contributed by atoms with Gasteiger partial charge in [-0.1, -0.05) is 37.5 Å². The van der Waals surface area contributed by atoms with Crippen LogP contribution < -0.4 is 10.6 Å². The van der Waals surface area contributed by atoms with Gasteiger partial charge < -0.3 is 15.7 Å². The largest absolute Gasteiger partial charge is 0.480 e. The third-order valence-electron chi connectivity index (χ3n) is 4.26. The molecular weight excluding hydrogens is 268 g/mol. The predicted molar refractivity (Wildman–Crippen MR) is 81.0 cm³/mol. The van der Waals surface area contributed by atoms with Crippen LogP contribution in [0.15, 0.2) is 30.3 Å². The number of anilines is 1. The van der Waals surface area contributed by atoms with E-state index in [9.17, 15) is 9.59 Å². The van der Waals surface area contributed by atoms with Gasteiger partial charge in [-0.2, -0.15) is 0 Å². The molecular formula is C16H22N2O3. The maximum atomic E-state index is 13.0. The molecule has 5 heteroatoms. The van der Waals surface area contributed by atoms with Gasteiger partial charge in [-0.05, 0) is 25.0 Å². The maximum absolute atomic E-state index is 13.0. The third kappa shape index (κ3) is 3.42. The standard InChI is InChI=1S/C16H22N2O3/c17-12-16(9-5-2-6-10-16)15(21)18(11-14(19)20)13-7-3-1-4-8-13/h1,3-4,7-8H,2,5-6,9-12,17H2,(H,19,20). The topological polar surface area (TPSA) is 83.6 Å². The molecule has 1 aliphatic rings. The first-order chi connectivity index (χ1) is 10.1. The van der Waals surface area contributed by atoms with Crippen molar-refractivity contribution < 1.29 is 14.7 Å². The number of benzene rings is 1. The van der Waals surface area contributed by atoms with Crippen LogP contribution in [0, 0.1) is 5.41 Å². The number of carbonyl (C=O) groups is 2. The van der Waals surface area contributed by atoms with Crippen LogP contribution in [0.1, 0.15) is 32.1 Å². The Balaban J connectivity index is 2.31. The average molecular weight is 290 g/mol. The van der Waals surface area contributed by atoms with Crippen LogP contribution >= 0.6 is 0 Å². The minimum absolute atomic E-state index is 0.154. The first-order valence-electron chi connectivity index (χ1n) is 7.38. The molecule has 114 valence electrons. The van der Waals surface area contributed by atoms with Crippen molar-refractivity contribution in [1.29, 1.82) is 0 Å². The molecule has 3 N–H and O–H groups in total. The summed E-state index contributed by atoms with van der Waals surface area (Å²) in [6.45, 7) is -0.0562. The summed E-state index contributed by atoms with van der Waals surface area (Å²) in [5, 5.41) is 9.12. The Morgan fingerprint density at radius 2 is 1.76 bits per heavy atom. The number of rotatable bonds is 5. The van der Waals surface area contributed by atoms with E-state index in [1.807, 2.05) is 6.07 Å². The van der Waals surface area contributed by atoms with Gasteiger partial charge in [0.25, 0.3) is 0 Å². The number of hydrogen-bond acceptors (Lipinski definition) is 3. The molecule has 1 amide bonds. The van der Waals surface area contributed by atoms with E-state index in [1.54, 1.807) is 24.3 Å². The van der Waals surface area contributed by atoms with Gasteiger partial charge in [-0.15, -0.1) is 0 Å². The Kier molecular flexibility index (Phi) is 4.96. The summed E-state index contributed by atoms with van der Waals surface area (Å²) in [7, 11) is 0. The maximum Gasteiger partial charge on any atom is 0.323 e. The number of nitrogens with two attached hydrogens (primary N) is 1. The quantitative estimate of drug-likeness (QED) is 0.869. The molecule has 5 nitrogen and oxygen atoms in total. The molecule has 0 radical (unpaired) electrons. The Morgan fingerprint density at radius 1 is 1.14 bits per heavy atom. The molecule has 1 aromatic carbocycles. The molecule has 2 rings (SSSR count). The highest BCUT2D eigenvalue weighted by Crippen LogP contribution is 2.38. The molecule has 0 unspecified atom stereocenters. The summed E-state index contributed by atoms with van der Waals surface area (Å²) >= 11 is 0. The van der Waals surface area contributed by atoms with E-state index in [1.165, 1.54) is 4.90 Å². The minimum atomic E-state index is -1.02. The number of nitrogens with zero attached hydrogens (tertiary/aromatic N) is 1. The fraction of sp³-hybridized carbons (Fsp3) is 0.500. The van der Waals surface area contributed by atoms with E-state index in [0.717, 1.165) is 32.1 Å². The number of hydrogen-bond donors (Lipinski definition) is 2. The Bertz CT molecular complexity index is 496. The number of carbonyl (C=O) groups excluding carboxylic acids is 1. The molecule has 0 bridgehead atoms. The zero-order chi connectivity index (χ0) is 15.3. The molecule has 0 saturated heterocycles. The van der Waals surface area contributed by atoms with E-state index in [2.05, 4.69) is 0 Å². The van der Waals surface area contributed by atoms with Gasteiger partial charge in [0.2, 0.25) is 5.91 Å². The molecule has 1 saturated carbocycles. The smallest absolute Gasteiger partial charge is 0.323 e. The van der Waals surface area contributed by atoms with Crippen molar-refractivity contribution in [3.05, 3.63) is 30.3 Å². The van der Waals surface area contributed by atoms with Crippen LogP contribution in [0.4, 0.5) is 5.69 Å². The molecule has 0 aliphatic heterocycles. The summed E-state index contributed by atoms with van der Waals surface area (Å²) in [5.41, 5.74) is 5.90. The fourth-order valence-electron chi connectivity index (χ4n) is 3.04. The summed E-state index contributed by atoms with van der Waals surface area (Å²) in [4.78, 5) is 25.5. The highest BCUT2D eigenvalue weighted by Gasteiger charge is 2.41. The Hall–Kier alpha value is -1.88. The lowest BCUT2D eigenvalue weighted by Crippen LogP contribution is -2.50. The molecule has 0 heterocycles. The van der Waals surface area contributed by atoms with Crippen LogP contribution in [0.3, 0.4) is 0 Å². The van der Waals surface area contributed by atoms with Gasteiger partial charge in [0, 0.05) is 12.2 Å². The molecule has 1 aliphatic carbocycles.